The van der Waals surface area contributed by atoms with Crippen LogP contribution in [0.4, 0.5) is 11.5 Å². The van der Waals surface area contributed by atoms with Crippen molar-refractivity contribution in [3.05, 3.63) is 30.5 Å². The van der Waals surface area contributed by atoms with E-state index in [4.69, 9.17) is 10.5 Å². The van der Waals surface area contributed by atoms with Crippen LogP contribution in [-0.2, 0) is 4.74 Å². The van der Waals surface area contributed by atoms with Crippen molar-refractivity contribution in [3.8, 4) is 0 Å². The van der Waals surface area contributed by atoms with Crippen LogP contribution in [0.1, 0.15) is 57.8 Å². The molecule has 4 fully saturated rings. The standard InChI is InChI=1S/C27H41N5O/c28-27-25-9-8-24(15-22(25)10-12-30-27)32-26-17-29-16-20-2-1-3-23(14-20)31-18-33-13-11-19-4-6-21(26)7-5-19/h8-10,12,15,19-21,23,26,29,31-32H,1-7,11,13-14,16-18H2,(H2,28,30)/t19?,20?,21?,23?,26-/m0/s1. The lowest BCUT2D eigenvalue weighted by Crippen LogP contribution is -2.43. The fraction of sp³-hybridized carbons (Fsp3) is 0.667. The van der Waals surface area contributed by atoms with Gasteiger partial charge in [0, 0.05) is 42.5 Å². The van der Waals surface area contributed by atoms with Gasteiger partial charge in [-0.25, -0.2) is 4.98 Å². The summed E-state index contributed by atoms with van der Waals surface area (Å²) in [5.74, 6) is 2.89. The van der Waals surface area contributed by atoms with Gasteiger partial charge in [0.15, 0.2) is 0 Å². The predicted molar refractivity (Wildman–Crippen MR) is 136 cm³/mol. The van der Waals surface area contributed by atoms with Gasteiger partial charge in [0.05, 0.1) is 6.73 Å². The number of nitrogen functional groups attached to an aromatic ring is 1. The van der Waals surface area contributed by atoms with Crippen LogP contribution in [0.25, 0.3) is 10.8 Å². The molecule has 0 spiro atoms. The highest BCUT2D eigenvalue weighted by molar-refractivity contribution is 5.92. The van der Waals surface area contributed by atoms with Crippen molar-refractivity contribution in [1.29, 1.82) is 0 Å². The smallest absolute Gasteiger partial charge is 0.131 e. The van der Waals surface area contributed by atoms with Gasteiger partial charge in [-0.1, -0.05) is 19.3 Å². The molecule has 6 heteroatoms. The summed E-state index contributed by atoms with van der Waals surface area (Å²) in [5.41, 5.74) is 7.25. The first-order chi connectivity index (χ1) is 16.2. The van der Waals surface area contributed by atoms with E-state index in [9.17, 15) is 0 Å². The van der Waals surface area contributed by atoms with Crippen LogP contribution in [-0.4, -0.2) is 43.5 Å². The van der Waals surface area contributed by atoms with Gasteiger partial charge < -0.3 is 21.1 Å². The summed E-state index contributed by atoms with van der Waals surface area (Å²) in [6.45, 7) is 3.77. The van der Waals surface area contributed by atoms with E-state index < -0.39 is 0 Å². The lowest BCUT2D eigenvalue weighted by atomic mass is 9.77. The Morgan fingerprint density at radius 2 is 1.88 bits per heavy atom. The zero-order valence-corrected chi connectivity index (χ0v) is 19.9. The molecule has 2 aromatic rings. The van der Waals surface area contributed by atoms with Crippen molar-refractivity contribution < 1.29 is 4.74 Å². The molecule has 4 bridgehead atoms. The zero-order chi connectivity index (χ0) is 22.5. The van der Waals surface area contributed by atoms with E-state index in [1.807, 2.05) is 0 Å². The first kappa shape index (κ1) is 22.9. The molecule has 2 saturated heterocycles. The van der Waals surface area contributed by atoms with Crippen molar-refractivity contribution in [2.75, 3.05) is 37.5 Å². The highest BCUT2D eigenvalue weighted by Gasteiger charge is 2.28. The molecule has 4 aliphatic rings. The van der Waals surface area contributed by atoms with Gasteiger partial charge in [0.25, 0.3) is 0 Å². The maximum absolute atomic E-state index is 6.07. The minimum absolute atomic E-state index is 0.448. The Hall–Kier alpha value is -1.89. The predicted octanol–water partition coefficient (Wildman–Crippen LogP) is 4.52. The third kappa shape index (κ3) is 5.97. The summed E-state index contributed by atoms with van der Waals surface area (Å²) < 4.78 is 5.97. The van der Waals surface area contributed by atoms with Crippen LogP contribution in [0.2, 0.25) is 0 Å². The molecule has 0 amide bonds. The minimum Gasteiger partial charge on any atom is -0.383 e. The van der Waals surface area contributed by atoms with Crippen molar-refractivity contribution in [2.24, 2.45) is 17.8 Å². The monoisotopic (exact) mass is 451 g/mol. The van der Waals surface area contributed by atoms with Gasteiger partial charge in [0.2, 0.25) is 0 Å². The molecule has 180 valence electrons. The summed E-state index contributed by atoms with van der Waals surface area (Å²) in [7, 11) is 0. The number of nitrogens with two attached hydrogens (primary N) is 1. The summed E-state index contributed by atoms with van der Waals surface area (Å²) in [5, 5.41) is 13.6. The van der Waals surface area contributed by atoms with E-state index in [1.54, 1.807) is 6.20 Å². The molecule has 2 saturated carbocycles. The Labute approximate surface area is 198 Å². The molecule has 2 aliphatic heterocycles. The number of pyridine rings is 1. The highest BCUT2D eigenvalue weighted by Crippen LogP contribution is 2.34. The second-order valence-corrected chi connectivity index (χ2v) is 10.6. The largest absolute Gasteiger partial charge is 0.383 e. The Morgan fingerprint density at radius 3 is 2.79 bits per heavy atom. The summed E-state index contributed by atoms with van der Waals surface area (Å²) in [6.07, 6.45) is 13.5. The maximum Gasteiger partial charge on any atom is 0.131 e. The lowest BCUT2D eigenvalue weighted by molar-refractivity contribution is 0.0801. The number of fused-ring (bicyclic) bond motifs is 10. The molecule has 2 aliphatic carbocycles. The van der Waals surface area contributed by atoms with Gasteiger partial charge in [-0.05, 0) is 92.5 Å². The van der Waals surface area contributed by atoms with Crippen LogP contribution in [0.3, 0.4) is 0 Å². The average molecular weight is 452 g/mol. The number of benzene rings is 1. The quantitative estimate of drug-likeness (QED) is 0.537. The van der Waals surface area contributed by atoms with Gasteiger partial charge in [-0.3, -0.25) is 5.32 Å². The van der Waals surface area contributed by atoms with E-state index in [1.165, 1.54) is 63.5 Å². The second kappa shape index (κ2) is 11.0. The van der Waals surface area contributed by atoms with Crippen molar-refractivity contribution >= 4 is 22.3 Å². The molecule has 6 nitrogen and oxygen atoms in total. The number of nitrogens with zero attached hydrogens (tertiary/aromatic N) is 1. The van der Waals surface area contributed by atoms with Gasteiger partial charge >= 0.3 is 0 Å². The van der Waals surface area contributed by atoms with Crippen molar-refractivity contribution in [1.82, 2.24) is 15.6 Å². The topological polar surface area (TPSA) is 84.2 Å². The maximum atomic E-state index is 6.07. The first-order valence-corrected chi connectivity index (χ1v) is 13.2. The Bertz CT molecular complexity index is 897. The van der Waals surface area contributed by atoms with E-state index in [0.29, 0.717) is 23.8 Å². The molecule has 1 aromatic carbocycles. The molecule has 3 atom stereocenters. The Balaban J connectivity index is 1.29. The SMILES string of the molecule is Nc1nccc2cc(N[C@H]3CNCC4CCCC(C4)NCOCCC4CCC3CC4)ccc12. The van der Waals surface area contributed by atoms with Crippen LogP contribution in [0, 0.1) is 17.8 Å². The molecule has 3 heterocycles. The Kier molecular flexibility index (Phi) is 7.64. The number of rotatable bonds is 2. The van der Waals surface area contributed by atoms with Crippen LogP contribution < -0.4 is 21.7 Å². The molecule has 2 unspecified atom stereocenters. The second-order valence-electron chi connectivity index (χ2n) is 10.6. The first-order valence-electron chi connectivity index (χ1n) is 13.2. The van der Waals surface area contributed by atoms with Crippen molar-refractivity contribution in [2.45, 2.75) is 69.9 Å². The summed E-state index contributed by atoms with van der Waals surface area (Å²) in [6, 6.07) is 9.61. The summed E-state index contributed by atoms with van der Waals surface area (Å²) >= 11 is 0. The molecule has 6 rings (SSSR count). The molecule has 5 N–H and O–H groups in total. The minimum atomic E-state index is 0.448. The number of aromatic nitrogens is 1. The van der Waals surface area contributed by atoms with E-state index in [0.717, 1.165) is 49.0 Å². The van der Waals surface area contributed by atoms with E-state index in [2.05, 4.69) is 45.2 Å². The van der Waals surface area contributed by atoms with E-state index >= 15 is 0 Å². The Morgan fingerprint density at radius 1 is 0.970 bits per heavy atom. The molecule has 0 radical (unpaired) electrons. The number of hydrogen-bond donors (Lipinski definition) is 4. The molecule has 1 aromatic heterocycles. The average Bonchev–Trinajstić information content (AvgIpc) is 2.83. The molecular weight excluding hydrogens is 410 g/mol. The zero-order valence-electron chi connectivity index (χ0n) is 19.9. The highest BCUT2D eigenvalue weighted by atomic mass is 16.5. The molecular formula is C27H41N5O. The lowest BCUT2D eigenvalue weighted by Gasteiger charge is -2.36. The number of ether oxygens (including phenoxy) is 1. The number of hydrogen-bond acceptors (Lipinski definition) is 6. The number of nitrogens with one attached hydrogen (secondary N) is 3. The van der Waals surface area contributed by atoms with Crippen LogP contribution in [0.15, 0.2) is 30.5 Å². The van der Waals surface area contributed by atoms with Gasteiger partial charge in [-0.2, -0.15) is 0 Å². The molecule has 33 heavy (non-hydrogen) atoms. The van der Waals surface area contributed by atoms with E-state index in [-0.39, 0.29) is 0 Å². The van der Waals surface area contributed by atoms with Crippen LogP contribution in [0.5, 0.6) is 0 Å². The fourth-order valence-corrected chi connectivity index (χ4v) is 6.32. The third-order valence-electron chi connectivity index (χ3n) is 8.33. The summed E-state index contributed by atoms with van der Waals surface area (Å²) in [4.78, 5) is 4.23. The number of anilines is 2. The van der Waals surface area contributed by atoms with Crippen molar-refractivity contribution in [3.63, 3.8) is 0 Å². The normalized spacial score (nSPS) is 31.9. The van der Waals surface area contributed by atoms with Gasteiger partial charge in [0.1, 0.15) is 5.82 Å². The van der Waals surface area contributed by atoms with Crippen LogP contribution >= 0.6 is 0 Å². The van der Waals surface area contributed by atoms with Gasteiger partial charge in [-0.15, -0.1) is 0 Å². The third-order valence-corrected chi connectivity index (χ3v) is 8.33. The fourth-order valence-electron chi connectivity index (χ4n) is 6.32.